The molecule has 3 aromatic heterocycles. The zero-order chi connectivity index (χ0) is 18.1. The minimum Gasteiger partial charge on any atom is -0.385 e. The van der Waals surface area contributed by atoms with Crippen LogP contribution in [0.4, 0.5) is 0 Å². The van der Waals surface area contributed by atoms with E-state index in [1.54, 1.807) is 12.4 Å². The highest BCUT2D eigenvalue weighted by Crippen LogP contribution is 2.34. The Morgan fingerprint density at radius 3 is 2.65 bits per heavy atom. The standard InChI is InChI=1S/C21H26N4O/c1-15(2)19-18(17-6-4-10-23-20(17)24-19)14-25-11-7-21(26,8-12-25)16-5-3-9-22-13-16/h3-6,9-10,13,15,26H,7-8,11-12,14H2,1-2H3,(H,23,24). The Morgan fingerprint density at radius 1 is 1.19 bits per heavy atom. The molecule has 0 saturated carbocycles. The van der Waals surface area contributed by atoms with E-state index in [4.69, 9.17) is 0 Å². The molecule has 2 N–H and O–H groups in total. The second-order valence-corrected chi connectivity index (χ2v) is 7.62. The van der Waals surface area contributed by atoms with Gasteiger partial charge in [-0.05, 0) is 42.5 Å². The molecule has 1 aliphatic rings. The van der Waals surface area contributed by atoms with Gasteiger partial charge in [-0.25, -0.2) is 4.98 Å². The summed E-state index contributed by atoms with van der Waals surface area (Å²) in [5, 5.41) is 12.2. The lowest BCUT2D eigenvalue weighted by Crippen LogP contribution is -2.42. The molecule has 4 heterocycles. The molecule has 0 aromatic carbocycles. The number of hydrogen-bond donors (Lipinski definition) is 2. The topological polar surface area (TPSA) is 65.0 Å². The van der Waals surface area contributed by atoms with Crippen molar-refractivity contribution in [2.75, 3.05) is 13.1 Å². The predicted molar refractivity (Wildman–Crippen MR) is 103 cm³/mol. The van der Waals surface area contributed by atoms with Crippen LogP contribution in [0.15, 0.2) is 42.9 Å². The number of pyridine rings is 2. The van der Waals surface area contributed by atoms with Crippen LogP contribution in [0.5, 0.6) is 0 Å². The molecule has 0 atom stereocenters. The van der Waals surface area contributed by atoms with Crippen molar-refractivity contribution in [3.63, 3.8) is 0 Å². The molecular weight excluding hydrogens is 324 g/mol. The van der Waals surface area contributed by atoms with Crippen molar-refractivity contribution in [1.29, 1.82) is 0 Å². The van der Waals surface area contributed by atoms with Gasteiger partial charge in [0.1, 0.15) is 5.65 Å². The predicted octanol–water partition coefficient (Wildman–Crippen LogP) is 3.56. The third-order valence-electron chi connectivity index (χ3n) is 5.55. The summed E-state index contributed by atoms with van der Waals surface area (Å²) in [4.78, 5) is 14.6. The molecule has 0 bridgehead atoms. The number of H-pyrrole nitrogens is 1. The van der Waals surface area contributed by atoms with Gasteiger partial charge in [0.05, 0.1) is 5.60 Å². The van der Waals surface area contributed by atoms with E-state index >= 15 is 0 Å². The number of hydrogen-bond acceptors (Lipinski definition) is 4. The molecule has 0 unspecified atom stereocenters. The highest BCUT2D eigenvalue weighted by atomic mass is 16.3. The molecule has 1 saturated heterocycles. The Labute approximate surface area is 154 Å². The lowest BCUT2D eigenvalue weighted by molar-refractivity contribution is -0.0279. The number of aliphatic hydroxyl groups is 1. The lowest BCUT2D eigenvalue weighted by atomic mass is 9.85. The van der Waals surface area contributed by atoms with Gasteiger partial charge in [0.15, 0.2) is 0 Å². The first-order valence-corrected chi connectivity index (χ1v) is 9.37. The van der Waals surface area contributed by atoms with E-state index in [0.29, 0.717) is 5.92 Å². The largest absolute Gasteiger partial charge is 0.385 e. The van der Waals surface area contributed by atoms with Gasteiger partial charge in [-0.1, -0.05) is 19.9 Å². The summed E-state index contributed by atoms with van der Waals surface area (Å²) in [5.74, 6) is 0.427. The maximum atomic E-state index is 11.0. The van der Waals surface area contributed by atoms with Crippen molar-refractivity contribution in [3.8, 4) is 0 Å². The van der Waals surface area contributed by atoms with E-state index in [-0.39, 0.29) is 0 Å². The van der Waals surface area contributed by atoms with Crippen molar-refractivity contribution in [1.82, 2.24) is 19.9 Å². The van der Waals surface area contributed by atoms with Crippen LogP contribution in [0.25, 0.3) is 11.0 Å². The van der Waals surface area contributed by atoms with Crippen LogP contribution in [0.1, 0.15) is 49.4 Å². The summed E-state index contributed by atoms with van der Waals surface area (Å²) in [5.41, 5.74) is 3.75. The van der Waals surface area contributed by atoms with Crippen molar-refractivity contribution >= 4 is 11.0 Å². The van der Waals surface area contributed by atoms with Gasteiger partial charge >= 0.3 is 0 Å². The Bertz CT molecular complexity index is 879. The molecule has 1 aliphatic heterocycles. The van der Waals surface area contributed by atoms with Gasteiger partial charge in [0.25, 0.3) is 0 Å². The van der Waals surface area contributed by atoms with E-state index in [1.165, 1.54) is 16.6 Å². The van der Waals surface area contributed by atoms with Crippen LogP contribution in [0.2, 0.25) is 0 Å². The number of piperidine rings is 1. The minimum absolute atomic E-state index is 0.427. The monoisotopic (exact) mass is 350 g/mol. The first-order chi connectivity index (χ1) is 12.6. The maximum Gasteiger partial charge on any atom is 0.137 e. The summed E-state index contributed by atoms with van der Waals surface area (Å²) in [6.07, 6.45) is 6.84. The lowest BCUT2D eigenvalue weighted by Gasteiger charge is -2.38. The Morgan fingerprint density at radius 2 is 1.96 bits per heavy atom. The smallest absolute Gasteiger partial charge is 0.137 e. The average molecular weight is 350 g/mol. The summed E-state index contributed by atoms with van der Waals surface area (Å²) in [6, 6.07) is 8.02. The average Bonchev–Trinajstić information content (AvgIpc) is 3.03. The third-order valence-corrected chi connectivity index (χ3v) is 5.55. The van der Waals surface area contributed by atoms with E-state index in [9.17, 15) is 5.11 Å². The fraction of sp³-hybridized carbons (Fsp3) is 0.429. The minimum atomic E-state index is -0.757. The molecule has 5 heteroatoms. The fourth-order valence-corrected chi connectivity index (χ4v) is 3.99. The zero-order valence-electron chi connectivity index (χ0n) is 15.4. The van der Waals surface area contributed by atoms with Crippen molar-refractivity contribution in [3.05, 3.63) is 59.7 Å². The molecule has 4 rings (SSSR count). The normalized spacial score (nSPS) is 17.8. The third kappa shape index (κ3) is 3.13. The van der Waals surface area contributed by atoms with E-state index in [1.807, 2.05) is 24.4 Å². The van der Waals surface area contributed by atoms with Gasteiger partial charge in [0.2, 0.25) is 0 Å². The SMILES string of the molecule is CC(C)c1[nH]c2ncccc2c1CN1CCC(O)(c2cccnc2)CC1. The first-order valence-electron chi connectivity index (χ1n) is 9.37. The van der Waals surface area contributed by atoms with E-state index in [2.05, 4.69) is 39.8 Å². The van der Waals surface area contributed by atoms with Crippen molar-refractivity contribution in [2.45, 2.75) is 44.8 Å². The molecule has 1 fully saturated rings. The molecule has 0 aliphatic carbocycles. The number of fused-ring (bicyclic) bond motifs is 1. The number of nitrogens with one attached hydrogen (secondary N) is 1. The van der Waals surface area contributed by atoms with Crippen LogP contribution in [-0.2, 0) is 12.1 Å². The number of likely N-dealkylation sites (tertiary alicyclic amines) is 1. The van der Waals surface area contributed by atoms with Gasteiger partial charge in [0, 0.05) is 54.9 Å². The molecule has 26 heavy (non-hydrogen) atoms. The number of nitrogens with zero attached hydrogens (tertiary/aromatic N) is 3. The van der Waals surface area contributed by atoms with E-state index < -0.39 is 5.60 Å². The fourth-order valence-electron chi connectivity index (χ4n) is 3.99. The second kappa shape index (κ2) is 6.82. The molecule has 5 nitrogen and oxygen atoms in total. The van der Waals surface area contributed by atoms with Crippen molar-refractivity contribution < 1.29 is 5.11 Å². The summed E-state index contributed by atoms with van der Waals surface area (Å²) < 4.78 is 0. The first kappa shape index (κ1) is 17.2. The quantitative estimate of drug-likeness (QED) is 0.755. The molecule has 0 radical (unpaired) electrons. The van der Waals surface area contributed by atoms with Crippen LogP contribution in [-0.4, -0.2) is 38.0 Å². The van der Waals surface area contributed by atoms with Gasteiger partial charge in [-0.3, -0.25) is 9.88 Å². The molecule has 0 spiro atoms. The molecule has 3 aromatic rings. The van der Waals surface area contributed by atoms with Crippen LogP contribution >= 0.6 is 0 Å². The van der Waals surface area contributed by atoms with Gasteiger partial charge in [-0.15, -0.1) is 0 Å². The van der Waals surface area contributed by atoms with Gasteiger partial charge < -0.3 is 10.1 Å². The zero-order valence-corrected chi connectivity index (χ0v) is 15.4. The van der Waals surface area contributed by atoms with E-state index in [0.717, 1.165) is 43.7 Å². The highest BCUT2D eigenvalue weighted by molar-refractivity contribution is 5.81. The number of aromatic amines is 1. The Balaban J connectivity index is 1.53. The molecule has 0 amide bonds. The van der Waals surface area contributed by atoms with Crippen LogP contribution < -0.4 is 0 Å². The molecular formula is C21H26N4O. The van der Waals surface area contributed by atoms with Gasteiger partial charge in [-0.2, -0.15) is 0 Å². The van der Waals surface area contributed by atoms with Crippen molar-refractivity contribution in [2.24, 2.45) is 0 Å². The summed E-state index contributed by atoms with van der Waals surface area (Å²) in [7, 11) is 0. The van der Waals surface area contributed by atoms with Crippen LogP contribution in [0.3, 0.4) is 0 Å². The maximum absolute atomic E-state index is 11.0. The Kier molecular flexibility index (Phi) is 4.51. The highest BCUT2D eigenvalue weighted by Gasteiger charge is 2.34. The Hall–Kier alpha value is -2.24. The summed E-state index contributed by atoms with van der Waals surface area (Å²) >= 11 is 0. The number of rotatable bonds is 4. The summed E-state index contributed by atoms with van der Waals surface area (Å²) in [6.45, 7) is 7.06. The second-order valence-electron chi connectivity index (χ2n) is 7.62. The molecule has 136 valence electrons. The number of aromatic nitrogens is 3. The van der Waals surface area contributed by atoms with Crippen LogP contribution in [0, 0.1) is 0 Å².